The number of thiazole rings is 1. The summed E-state index contributed by atoms with van der Waals surface area (Å²) in [5.41, 5.74) is 6.35. The number of anilines is 1. The van der Waals surface area contributed by atoms with E-state index in [0.29, 0.717) is 0 Å². The lowest BCUT2D eigenvalue weighted by Crippen LogP contribution is -2.05. The molecule has 1 heterocycles. The van der Waals surface area contributed by atoms with E-state index in [1.807, 2.05) is 23.7 Å². The Hall–Kier alpha value is -1.13. The second kappa shape index (κ2) is 2.48. The molecule has 2 aromatic rings. The topological polar surface area (TPSA) is 50.9 Å². The second-order valence-electron chi connectivity index (χ2n) is 2.18. The zero-order valence-electron chi connectivity index (χ0n) is 5.74. The first-order chi connectivity index (χ1) is 5.40. The number of nitrogens with two attached hydrogens (primary N) is 1. The Morgan fingerprint density at radius 1 is 1.45 bits per heavy atom. The van der Waals surface area contributed by atoms with E-state index in [2.05, 4.69) is 10.4 Å². The minimum absolute atomic E-state index is 0.918. The molecule has 2 rings (SSSR count). The number of hydrogen-bond donors (Lipinski definition) is 2. The standard InChI is InChI=1S/C7H7N3S/c8-10-5-1-2-6-7(3-5)11-4-9-6/h1-4,10H,8H2. The molecule has 0 radical (unpaired) electrons. The van der Waals surface area contributed by atoms with Crippen LogP contribution in [0.1, 0.15) is 0 Å². The summed E-state index contributed by atoms with van der Waals surface area (Å²) in [6.45, 7) is 0. The van der Waals surface area contributed by atoms with Crippen LogP contribution in [0.2, 0.25) is 0 Å². The van der Waals surface area contributed by atoms with Crippen LogP contribution in [0, 0.1) is 0 Å². The van der Waals surface area contributed by atoms with E-state index in [1.54, 1.807) is 11.3 Å². The Kier molecular flexibility index (Phi) is 1.48. The molecule has 0 aliphatic carbocycles. The third kappa shape index (κ3) is 1.06. The molecule has 4 heteroatoms. The van der Waals surface area contributed by atoms with Crippen molar-refractivity contribution in [3.8, 4) is 0 Å². The molecule has 0 fully saturated rings. The number of benzene rings is 1. The van der Waals surface area contributed by atoms with Crippen LogP contribution in [-0.2, 0) is 0 Å². The van der Waals surface area contributed by atoms with Gasteiger partial charge in [-0.2, -0.15) is 0 Å². The molecular formula is C7H7N3S. The van der Waals surface area contributed by atoms with Gasteiger partial charge in [0.1, 0.15) is 0 Å². The van der Waals surface area contributed by atoms with Crippen LogP contribution in [0.4, 0.5) is 5.69 Å². The summed E-state index contributed by atoms with van der Waals surface area (Å²) >= 11 is 1.61. The normalized spacial score (nSPS) is 10.3. The van der Waals surface area contributed by atoms with Gasteiger partial charge >= 0.3 is 0 Å². The van der Waals surface area contributed by atoms with Gasteiger partial charge in [0.25, 0.3) is 0 Å². The van der Waals surface area contributed by atoms with E-state index in [-0.39, 0.29) is 0 Å². The molecule has 0 unspecified atom stereocenters. The molecule has 0 aliphatic heterocycles. The Morgan fingerprint density at radius 2 is 2.36 bits per heavy atom. The second-order valence-corrected chi connectivity index (χ2v) is 3.07. The molecule has 0 amide bonds. The first-order valence-electron chi connectivity index (χ1n) is 3.20. The SMILES string of the molecule is NNc1ccc2ncsc2c1. The Balaban J connectivity index is 2.67. The lowest BCUT2D eigenvalue weighted by Gasteiger charge is -1.96. The average molecular weight is 165 g/mol. The first kappa shape index (κ1) is 6.57. The zero-order valence-corrected chi connectivity index (χ0v) is 6.56. The predicted octanol–water partition coefficient (Wildman–Crippen LogP) is 1.58. The molecular weight excluding hydrogens is 158 g/mol. The highest BCUT2D eigenvalue weighted by Crippen LogP contribution is 2.20. The summed E-state index contributed by atoms with van der Waals surface area (Å²) in [5.74, 6) is 5.24. The van der Waals surface area contributed by atoms with Gasteiger partial charge in [0.05, 0.1) is 21.4 Å². The molecule has 0 aliphatic rings. The molecule has 3 nitrogen and oxygen atoms in total. The van der Waals surface area contributed by atoms with E-state index in [9.17, 15) is 0 Å². The van der Waals surface area contributed by atoms with E-state index in [0.717, 1.165) is 15.9 Å². The fourth-order valence-corrected chi connectivity index (χ4v) is 1.66. The van der Waals surface area contributed by atoms with Gasteiger partial charge in [-0.25, -0.2) is 4.98 Å². The highest BCUT2D eigenvalue weighted by atomic mass is 32.1. The maximum Gasteiger partial charge on any atom is 0.0813 e. The van der Waals surface area contributed by atoms with Crippen LogP contribution >= 0.6 is 11.3 Å². The number of rotatable bonds is 1. The highest BCUT2D eigenvalue weighted by Gasteiger charge is 1.95. The molecule has 0 bridgehead atoms. The van der Waals surface area contributed by atoms with Gasteiger partial charge in [0.2, 0.25) is 0 Å². The van der Waals surface area contributed by atoms with Crippen molar-refractivity contribution in [3.05, 3.63) is 23.7 Å². The van der Waals surface area contributed by atoms with Gasteiger partial charge in [0.15, 0.2) is 0 Å². The summed E-state index contributed by atoms with van der Waals surface area (Å²) in [5, 5.41) is 0. The number of fused-ring (bicyclic) bond motifs is 1. The molecule has 0 atom stereocenters. The third-order valence-corrected chi connectivity index (χ3v) is 2.29. The fourth-order valence-electron chi connectivity index (χ4n) is 0.945. The summed E-state index contributed by atoms with van der Waals surface area (Å²) < 4.78 is 1.15. The number of hydrogen-bond acceptors (Lipinski definition) is 4. The van der Waals surface area contributed by atoms with Crippen molar-refractivity contribution in [2.75, 3.05) is 5.43 Å². The van der Waals surface area contributed by atoms with Crippen LogP contribution in [0.3, 0.4) is 0 Å². The van der Waals surface area contributed by atoms with Gasteiger partial charge < -0.3 is 5.43 Å². The van der Waals surface area contributed by atoms with Crippen molar-refractivity contribution >= 4 is 27.2 Å². The van der Waals surface area contributed by atoms with Crippen molar-refractivity contribution in [1.29, 1.82) is 0 Å². The number of hydrazine groups is 1. The Bertz CT molecular complexity index is 368. The van der Waals surface area contributed by atoms with Gasteiger partial charge in [-0.05, 0) is 18.2 Å². The Labute approximate surface area is 67.8 Å². The summed E-state index contributed by atoms with van der Waals surface area (Å²) in [4.78, 5) is 4.14. The number of nitrogens with zero attached hydrogens (tertiary/aromatic N) is 1. The van der Waals surface area contributed by atoms with E-state index in [4.69, 9.17) is 5.84 Å². The zero-order chi connectivity index (χ0) is 7.68. The minimum atomic E-state index is 0.918. The quantitative estimate of drug-likeness (QED) is 0.498. The molecule has 0 saturated heterocycles. The van der Waals surface area contributed by atoms with Crippen molar-refractivity contribution < 1.29 is 0 Å². The average Bonchev–Trinajstić information content (AvgIpc) is 2.50. The predicted molar refractivity (Wildman–Crippen MR) is 47.4 cm³/mol. The van der Waals surface area contributed by atoms with Crippen molar-refractivity contribution in [2.45, 2.75) is 0 Å². The van der Waals surface area contributed by atoms with Crippen molar-refractivity contribution in [3.63, 3.8) is 0 Å². The molecule has 11 heavy (non-hydrogen) atoms. The number of aromatic nitrogens is 1. The van der Waals surface area contributed by atoms with Gasteiger partial charge in [-0.1, -0.05) is 0 Å². The fraction of sp³-hybridized carbons (Fsp3) is 0. The van der Waals surface area contributed by atoms with Crippen molar-refractivity contribution in [2.24, 2.45) is 5.84 Å². The molecule has 3 N–H and O–H groups in total. The van der Waals surface area contributed by atoms with E-state index >= 15 is 0 Å². The molecule has 1 aromatic heterocycles. The van der Waals surface area contributed by atoms with Crippen LogP contribution < -0.4 is 11.3 Å². The van der Waals surface area contributed by atoms with Crippen molar-refractivity contribution in [1.82, 2.24) is 4.98 Å². The lowest BCUT2D eigenvalue weighted by atomic mass is 10.3. The van der Waals surface area contributed by atoms with E-state index < -0.39 is 0 Å². The van der Waals surface area contributed by atoms with Crippen LogP contribution in [-0.4, -0.2) is 4.98 Å². The summed E-state index contributed by atoms with van der Waals surface area (Å²) in [6.07, 6.45) is 0. The van der Waals surface area contributed by atoms with Crippen LogP contribution in [0.15, 0.2) is 23.7 Å². The van der Waals surface area contributed by atoms with Gasteiger partial charge in [-0.15, -0.1) is 11.3 Å². The van der Waals surface area contributed by atoms with Crippen LogP contribution in [0.25, 0.3) is 10.2 Å². The highest BCUT2D eigenvalue weighted by molar-refractivity contribution is 7.16. The molecule has 1 aromatic carbocycles. The largest absolute Gasteiger partial charge is 0.324 e. The monoisotopic (exact) mass is 165 g/mol. The van der Waals surface area contributed by atoms with Gasteiger partial charge in [0, 0.05) is 0 Å². The van der Waals surface area contributed by atoms with Gasteiger partial charge in [-0.3, -0.25) is 5.84 Å². The third-order valence-electron chi connectivity index (χ3n) is 1.50. The minimum Gasteiger partial charge on any atom is -0.324 e. The maximum absolute atomic E-state index is 5.24. The maximum atomic E-state index is 5.24. The summed E-state index contributed by atoms with van der Waals surface area (Å²) in [7, 11) is 0. The molecule has 0 saturated carbocycles. The number of nitrogens with one attached hydrogen (secondary N) is 1. The summed E-state index contributed by atoms with van der Waals surface area (Å²) in [6, 6.07) is 5.83. The van der Waals surface area contributed by atoms with E-state index in [1.165, 1.54) is 0 Å². The first-order valence-corrected chi connectivity index (χ1v) is 4.08. The molecule has 0 spiro atoms. The Morgan fingerprint density at radius 3 is 3.18 bits per heavy atom. The number of nitrogen functional groups attached to an aromatic ring is 1. The molecule has 56 valence electrons. The smallest absolute Gasteiger partial charge is 0.0813 e. The lowest BCUT2D eigenvalue weighted by molar-refractivity contribution is 1.36. The van der Waals surface area contributed by atoms with Crippen LogP contribution in [0.5, 0.6) is 0 Å².